The molecule has 0 heterocycles. The largest absolute Gasteiger partial charge is 0.478 e. The van der Waals surface area contributed by atoms with Gasteiger partial charge in [-0.1, -0.05) is 76.4 Å². The Bertz CT molecular complexity index is 598. The fourth-order valence-electron chi connectivity index (χ4n) is 1.46. The van der Waals surface area contributed by atoms with Crippen molar-refractivity contribution >= 4 is 30.4 Å². The van der Waals surface area contributed by atoms with E-state index in [-0.39, 0.29) is 18.4 Å². The molecule has 0 unspecified atom stereocenters. The molecular formula is C22H34ClNO4. The van der Waals surface area contributed by atoms with Gasteiger partial charge in [-0.05, 0) is 24.8 Å². The molecule has 5 nitrogen and oxygen atoms in total. The van der Waals surface area contributed by atoms with Crippen LogP contribution in [0.3, 0.4) is 0 Å². The number of hydrogen-bond acceptors (Lipinski definition) is 4. The average molecular weight is 412 g/mol. The number of carbonyl (C=O) groups excluding carboxylic acids is 1. The molecular weight excluding hydrogens is 378 g/mol. The van der Waals surface area contributed by atoms with E-state index in [0.29, 0.717) is 24.0 Å². The van der Waals surface area contributed by atoms with Gasteiger partial charge in [0.1, 0.15) is 0 Å². The van der Waals surface area contributed by atoms with Gasteiger partial charge < -0.3 is 9.94 Å². The Hall–Kier alpha value is -2.37. The summed E-state index contributed by atoms with van der Waals surface area (Å²) in [6.07, 6.45) is 5.02. The molecule has 0 aliphatic rings. The highest BCUT2D eigenvalue weighted by Crippen LogP contribution is 2.03. The number of nitrogens with zero attached hydrogens (tertiary/aromatic N) is 1. The van der Waals surface area contributed by atoms with Gasteiger partial charge in [0.15, 0.2) is 0 Å². The molecule has 0 radical (unpaired) electrons. The van der Waals surface area contributed by atoms with Gasteiger partial charge in [0.2, 0.25) is 0 Å². The number of hydrogen-bond donors (Lipinski definition) is 1. The summed E-state index contributed by atoms with van der Waals surface area (Å²) in [5, 5.41) is 9.66. The van der Waals surface area contributed by atoms with Gasteiger partial charge in [0.25, 0.3) is 0 Å². The molecule has 0 saturated carbocycles. The third-order valence-electron chi connectivity index (χ3n) is 3.15. The standard InChI is InChI=1S/C8H8.C7H13NO2.C7H12O2.ClH/c1-2-8-6-4-3-5-7-8;1-5-6(2)7(9)10-8(3)4;1-3-4-5-6(2)7(8)9;/h2-7H,1H2;2,5H2,1,3-4H3;2-5H2,1H3,(H,8,9);1H. The van der Waals surface area contributed by atoms with Crippen molar-refractivity contribution in [2.75, 3.05) is 14.1 Å². The molecule has 1 aromatic carbocycles. The lowest BCUT2D eigenvalue weighted by molar-refractivity contribution is -0.173. The number of carboxylic acids is 1. The zero-order chi connectivity index (χ0) is 21.2. The van der Waals surface area contributed by atoms with Crippen LogP contribution < -0.4 is 0 Å². The van der Waals surface area contributed by atoms with Gasteiger partial charge in [0.05, 0.1) is 0 Å². The van der Waals surface area contributed by atoms with Gasteiger partial charge in [-0.3, -0.25) is 0 Å². The Balaban J connectivity index is -0.000000330. The van der Waals surface area contributed by atoms with E-state index in [1.807, 2.05) is 50.3 Å². The van der Waals surface area contributed by atoms with Crippen LogP contribution in [-0.4, -0.2) is 36.2 Å². The number of rotatable bonds is 8. The van der Waals surface area contributed by atoms with E-state index in [4.69, 9.17) is 9.94 Å². The summed E-state index contributed by atoms with van der Waals surface area (Å²) in [4.78, 5) is 25.6. The molecule has 158 valence electrons. The minimum Gasteiger partial charge on any atom is -0.478 e. The van der Waals surface area contributed by atoms with Crippen LogP contribution in [0.5, 0.6) is 0 Å². The maximum atomic E-state index is 10.8. The zero-order valence-electron chi connectivity index (χ0n) is 17.4. The number of carboxylic acid groups (broad SMARTS) is 1. The lowest BCUT2D eigenvalue weighted by Crippen LogP contribution is -2.19. The third-order valence-corrected chi connectivity index (χ3v) is 3.15. The number of hydroxylamine groups is 2. The third kappa shape index (κ3) is 18.4. The molecule has 6 heteroatoms. The van der Waals surface area contributed by atoms with E-state index < -0.39 is 5.97 Å². The van der Waals surface area contributed by atoms with Crippen LogP contribution in [0.1, 0.15) is 45.1 Å². The van der Waals surface area contributed by atoms with Gasteiger partial charge in [-0.15, -0.1) is 17.5 Å². The van der Waals surface area contributed by atoms with E-state index in [1.54, 1.807) is 14.1 Å². The van der Waals surface area contributed by atoms with E-state index in [0.717, 1.165) is 12.8 Å². The van der Waals surface area contributed by atoms with E-state index in [1.165, 1.54) is 10.6 Å². The Morgan fingerprint density at radius 2 is 1.64 bits per heavy atom. The lowest BCUT2D eigenvalue weighted by Gasteiger charge is -2.09. The van der Waals surface area contributed by atoms with Crippen LogP contribution in [0, 0.1) is 0 Å². The van der Waals surface area contributed by atoms with Crippen LogP contribution in [0.15, 0.2) is 61.2 Å². The second-order valence-electron chi connectivity index (χ2n) is 5.78. The van der Waals surface area contributed by atoms with Crippen molar-refractivity contribution < 1.29 is 19.5 Å². The minimum atomic E-state index is -0.872. The molecule has 28 heavy (non-hydrogen) atoms. The topological polar surface area (TPSA) is 66.8 Å². The summed E-state index contributed by atoms with van der Waals surface area (Å²) in [7, 11) is 3.31. The van der Waals surface area contributed by atoms with Crippen molar-refractivity contribution in [3.63, 3.8) is 0 Å². The minimum absolute atomic E-state index is 0. The van der Waals surface area contributed by atoms with Crippen LogP contribution >= 0.6 is 12.4 Å². The maximum Gasteiger partial charge on any atom is 0.352 e. The van der Waals surface area contributed by atoms with E-state index in [9.17, 15) is 9.59 Å². The molecule has 0 aliphatic carbocycles. The summed E-state index contributed by atoms with van der Waals surface area (Å²) in [6.45, 7) is 14.4. The molecule has 1 aromatic rings. The molecule has 0 atom stereocenters. The zero-order valence-corrected chi connectivity index (χ0v) is 18.3. The number of unbranched alkanes of at least 4 members (excludes halogenated alkanes) is 1. The summed E-state index contributed by atoms with van der Waals surface area (Å²) in [5.74, 6) is -1.23. The summed E-state index contributed by atoms with van der Waals surface area (Å²) in [5.41, 5.74) is 1.98. The number of halogens is 1. The Morgan fingerprint density at radius 3 is 1.96 bits per heavy atom. The van der Waals surface area contributed by atoms with Crippen molar-refractivity contribution in [3.8, 4) is 0 Å². The van der Waals surface area contributed by atoms with Crippen LogP contribution in [0.25, 0.3) is 6.08 Å². The normalized spacial score (nSPS) is 8.75. The number of carbonyl (C=O) groups is 2. The van der Waals surface area contributed by atoms with Gasteiger partial charge in [0, 0.05) is 25.2 Å². The summed E-state index contributed by atoms with van der Waals surface area (Å²) >= 11 is 0. The quantitative estimate of drug-likeness (QED) is 0.449. The highest BCUT2D eigenvalue weighted by atomic mass is 35.5. The highest BCUT2D eigenvalue weighted by molar-refractivity contribution is 5.87. The summed E-state index contributed by atoms with van der Waals surface area (Å²) in [6, 6.07) is 10.0. The van der Waals surface area contributed by atoms with Crippen molar-refractivity contribution in [2.24, 2.45) is 0 Å². The predicted octanol–water partition coefficient (Wildman–Crippen LogP) is 5.54. The molecule has 0 bridgehead atoms. The molecule has 1 rings (SSSR count). The smallest absolute Gasteiger partial charge is 0.352 e. The molecule has 0 aromatic heterocycles. The van der Waals surface area contributed by atoms with Crippen LogP contribution in [-0.2, 0) is 14.4 Å². The maximum absolute atomic E-state index is 10.8. The SMILES string of the molecule is C=C(CC)C(=O)ON(C)C.C=C(CCCC)C(=O)O.C=Cc1ccccc1.Cl. The first-order valence-corrected chi connectivity index (χ1v) is 8.85. The first kappa shape index (κ1) is 30.4. The molecule has 0 spiro atoms. The fraction of sp³-hybridized carbons (Fsp3) is 0.364. The fourth-order valence-corrected chi connectivity index (χ4v) is 1.46. The Morgan fingerprint density at radius 1 is 1.11 bits per heavy atom. The molecule has 0 saturated heterocycles. The highest BCUT2D eigenvalue weighted by Gasteiger charge is 2.06. The summed E-state index contributed by atoms with van der Waals surface area (Å²) < 4.78 is 0. The van der Waals surface area contributed by atoms with E-state index >= 15 is 0 Å². The van der Waals surface area contributed by atoms with E-state index in [2.05, 4.69) is 19.7 Å². The number of benzene rings is 1. The van der Waals surface area contributed by atoms with Crippen molar-refractivity contribution in [3.05, 3.63) is 66.8 Å². The second-order valence-corrected chi connectivity index (χ2v) is 5.78. The van der Waals surface area contributed by atoms with Gasteiger partial charge >= 0.3 is 11.9 Å². The first-order chi connectivity index (χ1) is 12.7. The first-order valence-electron chi connectivity index (χ1n) is 8.85. The van der Waals surface area contributed by atoms with Crippen molar-refractivity contribution in [2.45, 2.75) is 39.5 Å². The van der Waals surface area contributed by atoms with Crippen molar-refractivity contribution in [1.82, 2.24) is 5.06 Å². The molecule has 1 N–H and O–H groups in total. The van der Waals surface area contributed by atoms with Crippen LogP contribution in [0.4, 0.5) is 0 Å². The second kappa shape index (κ2) is 19.4. The van der Waals surface area contributed by atoms with Crippen LogP contribution in [0.2, 0.25) is 0 Å². The predicted molar refractivity (Wildman–Crippen MR) is 119 cm³/mol. The van der Waals surface area contributed by atoms with Gasteiger partial charge in [-0.25, -0.2) is 9.59 Å². The molecule has 0 fully saturated rings. The average Bonchev–Trinajstić information content (AvgIpc) is 2.66. The lowest BCUT2D eigenvalue weighted by atomic mass is 10.1. The monoisotopic (exact) mass is 411 g/mol. The Kier molecular flexibility index (Phi) is 21.0. The Labute approximate surface area is 175 Å². The molecule has 0 aliphatic heterocycles. The number of aliphatic carboxylic acids is 1. The van der Waals surface area contributed by atoms with Gasteiger partial charge in [-0.2, -0.15) is 0 Å². The molecule has 0 amide bonds. The van der Waals surface area contributed by atoms with Crippen molar-refractivity contribution in [1.29, 1.82) is 0 Å².